The summed E-state index contributed by atoms with van der Waals surface area (Å²) < 4.78 is 27.0. The van der Waals surface area contributed by atoms with E-state index in [4.69, 9.17) is 5.11 Å². The molecule has 0 spiro atoms. The molecule has 114 valence electrons. The quantitative estimate of drug-likeness (QED) is 0.928. The number of carbonyl (C=O) groups is 2. The number of hydrogen-bond donors (Lipinski definition) is 1. The van der Waals surface area contributed by atoms with E-state index in [0.717, 1.165) is 25.0 Å². The summed E-state index contributed by atoms with van der Waals surface area (Å²) >= 11 is 0. The number of carbonyl (C=O) groups excluding carboxylic acids is 1. The van der Waals surface area contributed by atoms with Crippen molar-refractivity contribution in [1.82, 2.24) is 4.90 Å². The number of carboxylic acids is 1. The second kappa shape index (κ2) is 6.65. The fourth-order valence-corrected chi connectivity index (χ4v) is 2.63. The van der Waals surface area contributed by atoms with Gasteiger partial charge in [-0.15, -0.1) is 0 Å². The standard InChI is InChI=1S/C15H17F2NO3/c16-11-4-3-5-12(17)10(11)7-8-14(19)18-9-2-1-6-13(18)15(20)21/h3-5,13H,1-2,6-9H2,(H,20,21)/t13-/m1/s1. The third kappa shape index (κ3) is 3.56. The van der Waals surface area contributed by atoms with Crippen molar-refractivity contribution >= 4 is 11.9 Å². The summed E-state index contributed by atoms with van der Waals surface area (Å²) in [5, 5.41) is 9.12. The maximum absolute atomic E-state index is 13.5. The molecule has 0 aromatic heterocycles. The Balaban J connectivity index is 2.02. The number of halogens is 2. The SMILES string of the molecule is O=C(O)[C@H]1CCCCN1C(=O)CCc1c(F)cccc1F. The maximum atomic E-state index is 13.5. The molecule has 1 atom stereocenters. The number of likely N-dealkylation sites (tertiary alicyclic amines) is 1. The molecular weight excluding hydrogens is 280 g/mol. The van der Waals surface area contributed by atoms with E-state index < -0.39 is 23.6 Å². The van der Waals surface area contributed by atoms with Crippen LogP contribution >= 0.6 is 0 Å². The zero-order chi connectivity index (χ0) is 15.4. The molecule has 2 rings (SSSR count). The lowest BCUT2D eigenvalue weighted by Crippen LogP contribution is -2.48. The highest BCUT2D eigenvalue weighted by atomic mass is 19.1. The minimum absolute atomic E-state index is 0.0693. The molecule has 0 radical (unpaired) electrons. The van der Waals surface area contributed by atoms with Crippen LogP contribution in [0.25, 0.3) is 0 Å². The fourth-order valence-electron chi connectivity index (χ4n) is 2.63. The van der Waals surface area contributed by atoms with Crippen LogP contribution < -0.4 is 0 Å². The van der Waals surface area contributed by atoms with Crippen molar-refractivity contribution in [3.63, 3.8) is 0 Å². The van der Waals surface area contributed by atoms with Crippen LogP contribution in [0, 0.1) is 11.6 Å². The smallest absolute Gasteiger partial charge is 0.326 e. The molecule has 0 saturated carbocycles. The molecule has 1 aromatic rings. The number of benzene rings is 1. The Bertz CT molecular complexity index is 527. The van der Waals surface area contributed by atoms with Crippen molar-refractivity contribution in [3.05, 3.63) is 35.4 Å². The molecule has 0 bridgehead atoms. The number of nitrogens with zero attached hydrogens (tertiary/aromatic N) is 1. The summed E-state index contributed by atoms with van der Waals surface area (Å²) in [6, 6.07) is 2.73. The van der Waals surface area contributed by atoms with Crippen molar-refractivity contribution in [2.75, 3.05) is 6.54 Å². The summed E-state index contributed by atoms with van der Waals surface area (Å²) in [5.74, 6) is -2.77. The highest BCUT2D eigenvalue weighted by Gasteiger charge is 2.31. The summed E-state index contributed by atoms with van der Waals surface area (Å²) in [6.07, 6.45) is 1.78. The fraction of sp³-hybridized carbons (Fsp3) is 0.467. The molecule has 1 aromatic carbocycles. The summed E-state index contributed by atoms with van der Waals surface area (Å²) in [5.41, 5.74) is -0.130. The van der Waals surface area contributed by atoms with Gasteiger partial charge < -0.3 is 10.0 Å². The van der Waals surface area contributed by atoms with Gasteiger partial charge in [-0.25, -0.2) is 13.6 Å². The lowest BCUT2D eigenvalue weighted by Gasteiger charge is -2.33. The number of hydrogen-bond acceptors (Lipinski definition) is 2. The molecule has 1 N–H and O–H groups in total. The van der Waals surface area contributed by atoms with Gasteiger partial charge in [0.1, 0.15) is 17.7 Å². The first-order valence-corrected chi connectivity index (χ1v) is 6.96. The lowest BCUT2D eigenvalue weighted by molar-refractivity contribution is -0.152. The molecule has 21 heavy (non-hydrogen) atoms. The Morgan fingerprint density at radius 3 is 2.52 bits per heavy atom. The van der Waals surface area contributed by atoms with E-state index in [1.54, 1.807) is 0 Å². The van der Waals surface area contributed by atoms with E-state index in [9.17, 15) is 18.4 Å². The minimum Gasteiger partial charge on any atom is -0.480 e. The molecule has 1 fully saturated rings. The summed E-state index contributed by atoms with van der Waals surface area (Å²) in [4.78, 5) is 24.6. The topological polar surface area (TPSA) is 57.6 Å². The van der Waals surface area contributed by atoms with E-state index in [1.807, 2.05) is 0 Å². The van der Waals surface area contributed by atoms with Crippen LogP contribution in [-0.4, -0.2) is 34.5 Å². The van der Waals surface area contributed by atoms with Gasteiger partial charge in [0.2, 0.25) is 5.91 Å². The molecule has 0 unspecified atom stereocenters. The Morgan fingerprint density at radius 1 is 1.24 bits per heavy atom. The van der Waals surface area contributed by atoms with E-state index in [0.29, 0.717) is 13.0 Å². The van der Waals surface area contributed by atoms with Crippen molar-refractivity contribution in [1.29, 1.82) is 0 Å². The van der Waals surface area contributed by atoms with Crippen LogP contribution in [0.2, 0.25) is 0 Å². The van der Waals surface area contributed by atoms with Crippen molar-refractivity contribution in [2.24, 2.45) is 0 Å². The van der Waals surface area contributed by atoms with Gasteiger partial charge in [0.25, 0.3) is 0 Å². The molecular formula is C15H17F2NO3. The highest BCUT2D eigenvalue weighted by Crippen LogP contribution is 2.20. The second-order valence-electron chi connectivity index (χ2n) is 5.14. The first-order valence-electron chi connectivity index (χ1n) is 6.96. The van der Waals surface area contributed by atoms with Gasteiger partial charge in [0, 0.05) is 18.5 Å². The van der Waals surface area contributed by atoms with Gasteiger partial charge in [0.15, 0.2) is 0 Å². The minimum atomic E-state index is -1.03. The van der Waals surface area contributed by atoms with Crippen LogP contribution in [-0.2, 0) is 16.0 Å². The number of rotatable bonds is 4. The molecule has 0 aliphatic carbocycles. The molecule has 1 amide bonds. The van der Waals surface area contributed by atoms with E-state index >= 15 is 0 Å². The van der Waals surface area contributed by atoms with E-state index in [-0.39, 0.29) is 24.3 Å². The van der Waals surface area contributed by atoms with Gasteiger partial charge in [0.05, 0.1) is 0 Å². The molecule has 1 aliphatic heterocycles. The van der Waals surface area contributed by atoms with Gasteiger partial charge in [-0.05, 0) is 37.8 Å². The molecule has 4 nitrogen and oxygen atoms in total. The van der Waals surface area contributed by atoms with Crippen molar-refractivity contribution in [3.8, 4) is 0 Å². The van der Waals surface area contributed by atoms with Crippen LogP contribution in [0.3, 0.4) is 0 Å². The molecule has 1 heterocycles. The number of aliphatic carboxylic acids is 1. The van der Waals surface area contributed by atoms with E-state index in [2.05, 4.69) is 0 Å². The predicted octanol–water partition coefficient (Wildman–Crippen LogP) is 2.36. The first-order chi connectivity index (χ1) is 10.0. The Labute approximate surface area is 121 Å². The lowest BCUT2D eigenvalue weighted by atomic mass is 10.0. The Hall–Kier alpha value is -1.98. The van der Waals surface area contributed by atoms with Gasteiger partial charge in [-0.3, -0.25) is 4.79 Å². The van der Waals surface area contributed by atoms with Crippen LogP contribution in [0.1, 0.15) is 31.2 Å². The first kappa shape index (κ1) is 15.4. The van der Waals surface area contributed by atoms with Crippen LogP contribution in [0.5, 0.6) is 0 Å². The van der Waals surface area contributed by atoms with Gasteiger partial charge in [-0.1, -0.05) is 6.07 Å². The van der Waals surface area contributed by atoms with Crippen molar-refractivity contribution in [2.45, 2.75) is 38.1 Å². The summed E-state index contributed by atoms with van der Waals surface area (Å²) in [7, 11) is 0. The monoisotopic (exact) mass is 297 g/mol. The summed E-state index contributed by atoms with van der Waals surface area (Å²) in [6.45, 7) is 0.384. The zero-order valence-corrected chi connectivity index (χ0v) is 11.5. The average molecular weight is 297 g/mol. The predicted molar refractivity (Wildman–Crippen MR) is 71.7 cm³/mol. The zero-order valence-electron chi connectivity index (χ0n) is 11.5. The Kier molecular flexibility index (Phi) is 4.88. The van der Waals surface area contributed by atoms with Crippen molar-refractivity contribution < 1.29 is 23.5 Å². The third-order valence-electron chi connectivity index (χ3n) is 3.76. The highest BCUT2D eigenvalue weighted by molar-refractivity contribution is 5.84. The van der Waals surface area contributed by atoms with Gasteiger partial charge in [-0.2, -0.15) is 0 Å². The largest absolute Gasteiger partial charge is 0.480 e. The average Bonchev–Trinajstić information content (AvgIpc) is 2.46. The van der Waals surface area contributed by atoms with Crippen LogP contribution in [0.4, 0.5) is 8.78 Å². The van der Waals surface area contributed by atoms with Gasteiger partial charge >= 0.3 is 5.97 Å². The third-order valence-corrected chi connectivity index (χ3v) is 3.76. The maximum Gasteiger partial charge on any atom is 0.326 e. The number of amides is 1. The second-order valence-corrected chi connectivity index (χ2v) is 5.14. The normalized spacial score (nSPS) is 18.6. The number of carboxylic acid groups (broad SMARTS) is 1. The van der Waals surface area contributed by atoms with E-state index in [1.165, 1.54) is 11.0 Å². The Morgan fingerprint density at radius 2 is 1.90 bits per heavy atom. The van der Waals surface area contributed by atoms with Crippen LogP contribution in [0.15, 0.2) is 18.2 Å². The number of piperidine rings is 1. The molecule has 6 heteroatoms. The molecule has 1 aliphatic rings. The molecule has 1 saturated heterocycles.